The van der Waals surface area contributed by atoms with Gasteiger partial charge in [-0.1, -0.05) is 12.1 Å². The smallest absolute Gasteiger partial charge is 0.341 e. The van der Waals surface area contributed by atoms with Gasteiger partial charge in [-0.15, -0.1) is 0 Å². The third kappa shape index (κ3) is 3.49. The van der Waals surface area contributed by atoms with Gasteiger partial charge in [0.1, 0.15) is 13.2 Å². The van der Waals surface area contributed by atoms with Crippen LogP contribution in [0.2, 0.25) is 0 Å². The van der Waals surface area contributed by atoms with Crippen LogP contribution in [-0.2, 0) is 16.1 Å². The second-order valence-electron chi connectivity index (χ2n) is 6.10. The molecule has 0 aliphatic carbocycles. The summed E-state index contributed by atoms with van der Waals surface area (Å²) in [5, 5.41) is 20.5. The molecule has 0 saturated carbocycles. The summed E-state index contributed by atoms with van der Waals surface area (Å²) in [6.07, 6.45) is -0.872. The molecule has 1 aliphatic heterocycles. The lowest BCUT2D eigenvalue weighted by molar-refractivity contribution is -0.384. The number of esters is 2. The maximum atomic E-state index is 12.6. The summed E-state index contributed by atoms with van der Waals surface area (Å²) in [6.45, 7) is 2.75. The largest absolute Gasteiger partial charge is 0.459 e. The van der Waals surface area contributed by atoms with E-state index < -0.39 is 23.0 Å². The quantitative estimate of drug-likeness (QED) is 0.480. The van der Waals surface area contributed by atoms with Gasteiger partial charge >= 0.3 is 11.9 Å². The van der Waals surface area contributed by atoms with Crippen molar-refractivity contribution in [3.8, 4) is 11.1 Å². The van der Waals surface area contributed by atoms with E-state index in [0.717, 1.165) is 0 Å². The van der Waals surface area contributed by atoms with Crippen molar-refractivity contribution in [1.82, 2.24) is 4.98 Å². The van der Waals surface area contributed by atoms with Crippen molar-refractivity contribution < 1.29 is 29.1 Å². The van der Waals surface area contributed by atoms with Gasteiger partial charge in [-0.05, 0) is 19.4 Å². The van der Waals surface area contributed by atoms with E-state index in [1.165, 1.54) is 25.1 Å². The number of aryl methyl sites for hydroxylation is 1. The summed E-state index contributed by atoms with van der Waals surface area (Å²) in [6, 6.07) is 5.59. The van der Waals surface area contributed by atoms with E-state index in [4.69, 9.17) is 9.47 Å². The zero-order valence-corrected chi connectivity index (χ0v) is 14.6. The Hall–Kier alpha value is -3.33. The minimum absolute atomic E-state index is 0.00810. The number of nitro benzene ring substituents is 1. The van der Waals surface area contributed by atoms with Gasteiger partial charge in [0.25, 0.3) is 5.69 Å². The van der Waals surface area contributed by atoms with E-state index in [1.807, 2.05) is 0 Å². The number of pyridine rings is 1. The molecule has 140 valence electrons. The summed E-state index contributed by atoms with van der Waals surface area (Å²) in [7, 11) is 0. The van der Waals surface area contributed by atoms with Crippen LogP contribution in [0.5, 0.6) is 0 Å². The summed E-state index contributed by atoms with van der Waals surface area (Å²) >= 11 is 0. The predicted octanol–water partition coefficient (Wildman–Crippen LogP) is 2.17. The first-order chi connectivity index (χ1) is 12.8. The van der Waals surface area contributed by atoms with Gasteiger partial charge in [0.05, 0.1) is 33.5 Å². The zero-order valence-electron chi connectivity index (χ0n) is 14.6. The van der Waals surface area contributed by atoms with Gasteiger partial charge < -0.3 is 14.6 Å². The first-order valence-electron chi connectivity index (χ1n) is 8.10. The molecule has 3 rings (SSSR count). The highest BCUT2D eigenvalue weighted by molar-refractivity contribution is 6.08. The second kappa shape index (κ2) is 7.12. The van der Waals surface area contributed by atoms with E-state index in [9.17, 15) is 24.8 Å². The fourth-order valence-corrected chi connectivity index (χ4v) is 2.88. The Morgan fingerprint density at radius 2 is 2.19 bits per heavy atom. The zero-order chi connectivity index (χ0) is 19.7. The fourth-order valence-electron chi connectivity index (χ4n) is 2.88. The molecule has 0 saturated heterocycles. The Bertz CT molecular complexity index is 953. The van der Waals surface area contributed by atoms with Gasteiger partial charge in [-0.25, -0.2) is 9.59 Å². The number of cyclic esters (lactones) is 1. The maximum Gasteiger partial charge on any atom is 0.341 e. The number of carbonyl (C=O) groups is 2. The summed E-state index contributed by atoms with van der Waals surface area (Å²) in [4.78, 5) is 39.7. The van der Waals surface area contributed by atoms with Crippen molar-refractivity contribution in [1.29, 1.82) is 0 Å². The van der Waals surface area contributed by atoms with E-state index in [0.29, 0.717) is 17.0 Å². The molecule has 1 aliphatic rings. The minimum atomic E-state index is -0.872. The summed E-state index contributed by atoms with van der Waals surface area (Å²) in [5.41, 5.74) is 1.03. The fraction of sp³-hybridized carbons (Fsp3) is 0.278. The van der Waals surface area contributed by atoms with Crippen molar-refractivity contribution in [2.45, 2.75) is 26.6 Å². The number of fused-ring (bicyclic) bond motifs is 1. The van der Waals surface area contributed by atoms with Crippen molar-refractivity contribution in [2.75, 3.05) is 6.61 Å². The Labute approximate surface area is 153 Å². The third-order valence-electron chi connectivity index (χ3n) is 4.00. The highest BCUT2D eigenvalue weighted by Gasteiger charge is 2.33. The molecule has 9 heteroatoms. The van der Waals surface area contributed by atoms with Crippen molar-refractivity contribution >= 4 is 17.6 Å². The lowest BCUT2D eigenvalue weighted by Gasteiger charge is -2.15. The van der Waals surface area contributed by atoms with Crippen molar-refractivity contribution in [2.24, 2.45) is 0 Å². The number of nitro groups is 1. The van der Waals surface area contributed by atoms with Crippen LogP contribution in [0.15, 0.2) is 24.3 Å². The van der Waals surface area contributed by atoms with Crippen LogP contribution in [0, 0.1) is 17.0 Å². The van der Waals surface area contributed by atoms with E-state index in [1.54, 1.807) is 13.0 Å². The first-order valence-corrected chi connectivity index (χ1v) is 8.10. The monoisotopic (exact) mass is 372 g/mol. The molecule has 1 atom stereocenters. The Morgan fingerprint density at radius 3 is 2.85 bits per heavy atom. The molecule has 1 aromatic heterocycles. The molecule has 0 radical (unpaired) electrons. The normalized spacial score (nSPS) is 13.7. The number of ether oxygens (including phenoxy) is 2. The molecule has 2 aromatic rings. The number of aliphatic hydroxyl groups is 1. The van der Waals surface area contributed by atoms with Crippen LogP contribution in [0.25, 0.3) is 11.1 Å². The van der Waals surface area contributed by atoms with Gasteiger partial charge in [0.15, 0.2) is 0 Å². The van der Waals surface area contributed by atoms with Crippen LogP contribution in [-0.4, -0.2) is 39.7 Å². The highest BCUT2D eigenvalue weighted by Crippen LogP contribution is 2.36. The number of aromatic nitrogens is 1. The molecule has 0 bridgehead atoms. The standard InChI is InChI=1S/C18H16N2O7/c1-9(21)7-26-17(22)14-10(2)19-13-8-27-18(23)16(13)15(14)11-4-3-5-12(6-11)20(24)25/h3-6,9,21H,7-8H2,1-2H3. The number of hydrogen-bond acceptors (Lipinski definition) is 8. The van der Waals surface area contributed by atoms with Gasteiger partial charge in [-0.3, -0.25) is 15.1 Å². The first kappa shape index (κ1) is 18.5. The SMILES string of the molecule is Cc1nc2c(c(-c3cccc([N+](=O)[O-])c3)c1C(=O)OCC(C)O)C(=O)OC2. The number of nitrogens with zero attached hydrogens (tertiary/aromatic N) is 2. The average molecular weight is 372 g/mol. The Morgan fingerprint density at radius 1 is 1.44 bits per heavy atom. The predicted molar refractivity (Wildman–Crippen MR) is 92.1 cm³/mol. The van der Waals surface area contributed by atoms with E-state index >= 15 is 0 Å². The number of aliphatic hydroxyl groups excluding tert-OH is 1. The molecular weight excluding hydrogens is 356 g/mol. The van der Waals surface area contributed by atoms with Gasteiger partial charge in [0.2, 0.25) is 0 Å². The lowest BCUT2D eigenvalue weighted by atomic mass is 9.92. The van der Waals surface area contributed by atoms with Crippen molar-refractivity contribution in [3.63, 3.8) is 0 Å². The molecular formula is C18H16N2O7. The second-order valence-corrected chi connectivity index (χ2v) is 6.10. The van der Waals surface area contributed by atoms with Crippen LogP contribution < -0.4 is 0 Å². The molecule has 9 nitrogen and oxygen atoms in total. The Kier molecular flexibility index (Phi) is 4.87. The van der Waals surface area contributed by atoms with Gasteiger partial charge in [-0.2, -0.15) is 0 Å². The molecule has 1 aromatic carbocycles. The molecule has 0 spiro atoms. The number of hydrogen-bond donors (Lipinski definition) is 1. The minimum Gasteiger partial charge on any atom is -0.459 e. The Balaban J connectivity index is 2.24. The average Bonchev–Trinajstić information content (AvgIpc) is 2.99. The lowest BCUT2D eigenvalue weighted by Crippen LogP contribution is -2.18. The number of carbonyl (C=O) groups excluding carboxylic acids is 2. The van der Waals surface area contributed by atoms with E-state index in [-0.39, 0.29) is 35.6 Å². The maximum absolute atomic E-state index is 12.6. The van der Waals surface area contributed by atoms with Gasteiger partial charge in [0, 0.05) is 17.7 Å². The number of rotatable bonds is 5. The van der Waals surface area contributed by atoms with Crippen molar-refractivity contribution in [3.05, 3.63) is 56.9 Å². The molecule has 1 N–H and O–H groups in total. The van der Waals surface area contributed by atoms with Crippen LogP contribution >= 0.6 is 0 Å². The third-order valence-corrected chi connectivity index (χ3v) is 4.00. The van der Waals surface area contributed by atoms with Crippen LogP contribution in [0.4, 0.5) is 5.69 Å². The topological polar surface area (TPSA) is 129 Å². The summed E-state index contributed by atoms with van der Waals surface area (Å²) < 4.78 is 10.1. The highest BCUT2D eigenvalue weighted by atomic mass is 16.6. The number of benzene rings is 1. The molecule has 0 amide bonds. The van der Waals surface area contributed by atoms with Crippen LogP contribution in [0.3, 0.4) is 0 Å². The van der Waals surface area contributed by atoms with E-state index in [2.05, 4.69) is 4.98 Å². The molecule has 1 unspecified atom stereocenters. The molecule has 2 heterocycles. The molecule has 27 heavy (non-hydrogen) atoms. The van der Waals surface area contributed by atoms with Crippen LogP contribution in [0.1, 0.15) is 39.0 Å². The number of non-ortho nitro benzene ring substituents is 1. The summed E-state index contributed by atoms with van der Waals surface area (Å²) in [5.74, 6) is -1.45. The molecule has 0 fully saturated rings.